The molecule has 0 bridgehead atoms. The lowest BCUT2D eigenvalue weighted by Crippen LogP contribution is -2.26. The predicted octanol–water partition coefficient (Wildman–Crippen LogP) is 1.42. The quantitative estimate of drug-likeness (QED) is 0.842. The van der Waals surface area contributed by atoms with Crippen LogP contribution >= 0.6 is 0 Å². The summed E-state index contributed by atoms with van der Waals surface area (Å²) < 4.78 is 29.9. The van der Waals surface area contributed by atoms with Crippen LogP contribution in [0, 0.1) is 6.92 Å². The molecule has 1 aliphatic heterocycles. The van der Waals surface area contributed by atoms with Crippen LogP contribution in [0.15, 0.2) is 29.2 Å². The number of furan rings is 1. The summed E-state index contributed by atoms with van der Waals surface area (Å²) in [5, 5.41) is 4.25. The summed E-state index contributed by atoms with van der Waals surface area (Å²) in [6, 6.07) is 1.63. The van der Waals surface area contributed by atoms with Gasteiger partial charge in [0.05, 0.1) is 41.8 Å². The van der Waals surface area contributed by atoms with E-state index in [9.17, 15) is 13.2 Å². The van der Waals surface area contributed by atoms with Crippen LogP contribution in [0.5, 0.6) is 0 Å². The van der Waals surface area contributed by atoms with Crippen LogP contribution in [0.1, 0.15) is 34.1 Å². The van der Waals surface area contributed by atoms with Crippen LogP contribution in [0.3, 0.4) is 0 Å². The highest BCUT2D eigenvalue weighted by Crippen LogP contribution is 2.25. The number of amides is 1. The van der Waals surface area contributed by atoms with Gasteiger partial charge in [-0.3, -0.25) is 9.48 Å². The highest BCUT2D eigenvalue weighted by atomic mass is 32.2. The Morgan fingerprint density at radius 2 is 2.30 bits per heavy atom. The van der Waals surface area contributed by atoms with Crippen LogP contribution in [0.2, 0.25) is 0 Å². The Bertz CT molecular complexity index is 808. The number of sulfone groups is 1. The van der Waals surface area contributed by atoms with Crippen LogP contribution in [0.4, 0.5) is 0 Å². The Morgan fingerprint density at radius 3 is 2.91 bits per heavy atom. The Hall–Kier alpha value is -2.09. The number of carbonyl (C=O) groups excluding carboxylic acids is 1. The summed E-state index contributed by atoms with van der Waals surface area (Å²) in [5.41, 5.74) is 2.12. The lowest BCUT2D eigenvalue weighted by atomic mass is 10.2. The van der Waals surface area contributed by atoms with E-state index in [4.69, 9.17) is 4.42 Å². The number of hydrogen-bond donors (Lipinski definition) is 0. The molecule has 0 radical (unpaired) electrons. The van der Waals surface area contributed by atoms with Gasteiger partial charge in [0.25, 0.3) is 5.91 Å². The summed E-state index contributed by atoms with van der Waals surface area (Å²) in [6.07, 6.45) is 5.23. The first-order valence-electron chi connectivity index (χ1n) is 7.38. The number of carbonyl (C=O) groups is 1. The Labute approximate surface area is 134 Å². The molecule has 0 saturated carbocycles. The maximum absolute atomic E-state index is 12.6. The van der Waals surface area contributed by atoms with E-state index < -0.39 is 9.84 Å². The molecular weight excluding hydrogens is 318 g/mol. The summed E-state index contributed by atoms with van der Waals surface area (Å²) in [4.78, 5) is 14.2. The molecule has 1 atom stereocenters. The normalized spacial score (nSPS) is 19.8. The highest BCUT2D eigenvalue weighted by molar-refractivity contribution is 7.91. The minimum atomic E-state index is -2.99. The molecule has 1 aliphatic rings. The fourth-order valence-corrected chi connectivity index (χ4v) is 4.60. The smallest absolute Gasteiger partial charge is 0.257 e. The maximum Gasteiger partial charge on any atom is 0.257 e. The summed E-state index contributed by atoms with van der Waals surface area (Å²) >= 11 is 0. The van der Waals surface area contributed by atoms with Crippen molar-refractivity contribution in [3.8, 4) is 0 Å². The zero-order valence-electron chi connectivity index (χ0n) is 13.1. The van der Waals surface area contributed by atoms with Crippen LogP contribution in [-0.4, -0.2) is 47.6 Å². The molecule has 7 nitrogen and oxygen atoms in total. The molecule has 2 aromatic rings. The van der Waals surface area contributed by atoms with E-state index in [1.165, 1.54) is 6.20 Å². The van der Waals surface area contributed by atoms with E-state index in [1.807, 2.05) is 6.07 Å². The Balaban J connectivity index is 1.77. The zero-order chi connectivity index (χ0) is 16.6. The second kappa shape index (κ2) is 5.84. The van der Waals surface area contributed by atoms with Crippen molar-refractivity contribution in [2.24, 2.45) is 0 Å². The number of nitrogens with zero attached hydrogens (tertiary/aromatic N) is 3. The SMILES string of the molecule is Cc1c(C(=O)N(C)Cc2ccoc2)cnn1[C@@H]1CCS(=O)(=O)C1. The molecule has 124 valence electrons. The maximum atomic E-state index is 12.6. The van der Waals surface area contributed by atoms with Gasteiger partial charge in [-0.1, -0.05) is 0 Å². The largest absolute Gasteiger partial charge is 0.472 e. The molecule has 0 spiro atoms. The van der Waals surface area contributed by atoms with Crippen molar-refractivity contribution in [1.82, 2.24) is 14.7 Å². The van der Waals surface area contributed by atoms with Gasteiger partial charge in [0.15, 0.2) is 9.84 Å². The number of hydrogen-bond acceptors (Lipinski definition) is 5. The molecule has 3 heterocycles. The molecule has 0 aliphatic carbocycles. The molecule has 0 unspecified atom stereocenters. The van der Waals surface area contributed by atoms with Crippen molar-refractivity contribution in [2.75, 3.05) is 18.6 Å². The van der Waals surface area contributed by atoms with Gasteiger partial charge >= 0.3 is 0 Å². The van der Waals surface area contributed by atoms with E-state index >= 15 is 0 Å². The summed E-state index contributed by atoms with van der Waals surface area (Å²) in [5.74, 6) is 0.130. The third kappa shape index (κ3) is 3.17. The van der Waals surface area contributed by atoms with Gasteiger partial charge in [0.2, 0.25) is 0 Å². The van der Waals surface area contributed by atoms with Crippen molar-refractivity contribution in [2.45, 2.75) is 25.9 Å². The minimum Gasteiger partial charge on any atom is -0.472 e. The van der Waals surface area contributed by atoms with Crippen LogP contribution < -0.4 is 0 Å². The molecule has 1 saturated heterocycles. The van der Waals surface area contributed by atoms with Gasteiger partial charge in [-0.15, -0.1) is 0 Å². The van der Waals surface area contributed by atoms with Crippen molar-refractivity contribution >= 4 is 15.7 Å². The predicted molar refractivity (Wildman–Crippen MR) is 83.8 cm³/mol. The third-order valence-corrected chi connectivity index (χ3v) is 5.93. The minimum absolute atomic E-state index is 0.0913. The second-order valence-corrected chi connectivity index (χ2v) is 8.17. The molecule has 0 aromatic carbocycles. The summed E-state index contributed by atoms with van der Waals surface area (Å²) in [6.45, 7) is 2.24. The average Bonchev–Trinajstić information content (AvgIpc) is 3.19. The van der Waals surface area contributed by atoms with Crippen molar-refractivity contribution < 1.29 is 17.6 Å². The Kier molecular flexibility index (Phi) is 4.01. The first-order valence-corrected chi connectivity index (χ1v) is 9.20. The molecule has 3 rings (SSSR count). The lowest BCUT2D eigenvalue weighted by molar-refractivity contribution is 0.0784. The fourth-order valence-electron chi connectivity index (χ4n) is 2.90. The van der Waals surface area contributed by atoms with Gasteiger partial charge in [0.1, 0.15) is 0 Å². The van der Waals surface area contributed by atoms with Crippen LogP contribution in [-0.2, 0) is 16.4 Å². The molecule has 23 heavy (non-hydrogen) atoms. The summed E-state index contributed by atoms with van der Waals surface area (Å²) in [7, 11) is -1.27. The number of rotatable bonds is 4. The van der Waals surface area contributed by atoms with E-state index in [2.05, 4.69) is 5.10 Å². The second-order valence-electron chi connectivity index (χ2n) is 5.94. The van der Waals surface area contributed by atoms with Crippen molar-refractivity contribution in [3.05, 3.63) is 41.6 Å². The lowest BCUT2D eigenvalue weighted by Gasteiger charge is -2.16. The van der Waals surface area contributed by atoms with E-state index in [0.717, 1.165) is 5.56 Å². The fraction of sp³-hybridized carbons (Fsp3) is 0.467. The molecule has 1 fully saturated rings. The van der Waals surface area contributed by atoms with E-state index in [-0.39, 0.29) is 23.5 Å². The van der Waals surface area contributed by atoms with Gasteiger partial charge < -0.3 is 9.32 Å². The first kappa shape index (κ1) is 15.8. The monoisotopic (exact) mass is 337 g/mol. The first-order chi connectivity index (χ1) is 10.9. The zero-order valence-corrected chi connectivity index (χ0v) is 13.9. The highest BCUT2D eigenvalue weighted by Gasteiger charge is 2.31. The van der Waals surface area contributed by atoms with Crippen LogP contribution in [0.25, 0.3) is 0 Å². The Morgan fingerprint density at radius 1 is 1.52 bits per heavy atom. The van der Waals surface area contributed by atoms with Gasteiger partial charge in [-0.25, -0.2) is 8.42 Å². The van der Waals surface area contributed by atoms with Gasteiger partial charge in [-0.05, 0) is 19.4 Å². The molecular formula is C15H19N3O4S. The van der Waals surface area contributed by atoms with Crippen molar-refractivity contribution in [1.29, 1.82) is 0 Å². The van der Waals surface area contributed by atoms with Gasteiger partial charge in [0, 0.05) is 24.8 Å². The molecule has 8 heteroatoms. The van der Waals surface area contributed by atoms with Gasteiger partial charge in [-0.2, -0.15) is 5.10 Å². The molecule has 1 amide bonds. The third-order valence-electron chi connectivity index (χ3n) is 4.18. The molecule has 0 N–H and O–H groups in total. The number of aromatic nitrogens is 2. The average molecular weight is 337 g/mol. The standard InChI is InChI=1S/C15H19N3O4S/c1-11-14(15(19)17(2)8-12-3-5-22-9-12)7-16-18(11)13-4-6-23(20,21)10-13/h3,5,7,9,13H,4,6,8,10H2,1-2H3/t13-/m1/s1. The van der Waals surface area contributed by atoms with E-state index in [1.54, 1.807) is 36.1 Å². The van der Waals surface area contributed by atoms with E-state index in [0.29, 0.717) is 24.2 Å². The van der Waals surface area contributed by atoms with Crippen molar-refractivity contribution in [3.63, 3.8) is 0 Å². The molecule has 2 aromatic heterocycles. The topological polar surface area (TPSA) is 85.4 Å².